The lowest BCUT2D eigenvalue weighted by molar-refractivity contribution is 0.0998. The Labute approximate surface area is 117 Å². The molecule has 1 N–H and O–H groups in total. The van der Waals surface area contributed by atoms with E-state index < -0.39 is 0 Å². The molecule has 0 spiro atoms. The van der Waals surface area contributed by atoms with Gasteiger partial charge >= 0.3 is 0 Å². The summed E-state index contributed by atoms with van der Waals surface area (Å²) >= 11 is 0. The Morgan fingerprint density at radius 1 is 1.42 bits per heavy atom. The molecule has 0 bridgehead atoms. The quantitative estimate of drug-likeness (QED) is 0.817. The lowest BCUT2D eigenvalue weighted by Crippen LogP contribution is -2.58. The smallest absolute Gasteiger partial charge is 0.0236 e. The highest BCUT2D eigenvalue weighted by Crippen LogP contribution is 2.16. The molecule has 104 valence electrons. The Morgan fingerprint density at radius 2 is 2.16 bits per heavy atom. The van der Waals surface area contributed by atoms with Gasteiger partial charge in [-0.2, -0.15) is 0 Å². The number of piperazine rings is 1. The fourth-order valence-corrected chi connectivity index (χ4v) is 2.98. The predicted molar refractivity (Wildman–Crippen MR) is 82.4 cm³/mol. The minimum atomic E-state index is 0.561. The summed E-state index contributed by atoms with van der Waals surface area (Å²) in [6.07, 6.45) is 4.22. The third-order valence-corrected chi connectivity index (χ3v) is 4.10. The Balaban J connectivity index is 1.95. The van der Waals surface area contributed by atoms with E-state index in [1.54, 1.807) is 0 Å². The van der Waals surface area contributed by atoms with E-state index in [2.05, 4.69) is 61.0 Å². The third-order valence-electron chi connectivity index (χ3n) is 4.10. The van der Waals surface area contributed by atoms with Crippen LogP contribution in [0.4, 0.5) is 0 Å². The first-order valence-corrected chi connectivity index (χ1v) is 7.34. The normalized spacial score (nSPS) is 26.0. The van der Waals surface area contributed by atoms with Crippen LogP contribution in [0.3, 0.4) is 0 Å². The van der Waals surface area contributed by atoms with Gasteiger partial charge in [-0.25, -0.2) is 0 Å². The van der Waals surface area contributed by atoms with Crippen LogP contribution in [0.25, 0.3) is 0 Å². The van der Waals surface area contributed by atoms with Gasteiger partial charge in [0, 0.05) is 31.2 Å². The number of hydrogen-bond donors (Lipinski definition) is 1. The predicted octanol–water partition coefficient (Wildman–Crippen LogP) is 2.86. The molecule has 2 nitrogen and oxygen atoms in total. The Kier molecular flexibility index (Phi) is 5.17. The number of rotatable bonds is 5. The molecule has 0 aliphatic carbocycles. The first kappa shape index (κ1) is 14.3. The third kappa shape index (κ3) is 3.92. The summed E-state index contributed by atoms with van der Waals surface area (Å²) in [5.41, 5.74) is 1.42. The van der Waals surface area contributed by atoms with Crippen molar-refractivity contribution in [3.05, 3.63) is 48.6 Å². The molecular weight excluding hydrogens is 232 g/mol. The highest BCUT2D eigenvalue weighted by molar-refractivity contribution is 5.16. The molecule has 3 unspecified atom stereocenters. The summed E-state index contributed by atoms with van der Waals surface area (Å²) in [7, 11) is 0. The fraction of sp³-hybridized carbons (Fsp3) is 0.529. The van der Waals surface area contributed by atoms with Crippen molar-refractivity contribution >= 4 is 0 Å². The lowest BCUT2D eigenvalue weighted by Gasteiger charge is -2.42. The van der Waals surface area contributed by atoms with Crippen molar-refractivity contribution in [2.24, 2.45) is 0 Å². The van der Waals surface area contributed by atoms with Gasteiger partial charge in [-0.1, -0.05) is 36.4 Å². The van der Waals surface area contributed by atoms with Crippen LogP contribution < -0.4 is 5.32 Å². The van der Waals surface area contributed by atoms with Gasteiger partial charge in [0.05, 0.1) is 0 Å². The molecule has 1 aromatic carbocycles. The summed E-state index contributed by atoms with van der Waals surface area (Å²) in [6.45, 7) is 10.7. The zero-order valence-electron chi connectivity index (χ0n) is 12.2. The molecule has 1 aromatic rings. The van der Waals surface area contributed by atoms with Crippen LogP contribution in [0, 0.1) is 0 Å². The van der Waals surface area contributed by atoms with E-state index in [0.717, 1.165) is 25.9 Å². The minimum Gasteiger partial charge on any atom is -0.311 e. The topological polar surface area (TPSA) is 15.3 Å². The number of benzene rings is 1. The molecule has 0 amide bonds. The zero-order chi connectivity index (χ0) is 13.7. The monoisotopic (exact) mass is 258 g/mol. The maximum Gasteiger partial charge on any atom is 0.0236 e. The zero-order valence-corrected chi connectivity index (χ0v) is 12.2. The summed E-state index contributed by atoms with van der Waals surface area (Å²) in [5, 5.41) is 3.68. The van der Waals surface area contributed by atoms with Crippen LogP contribution in [-0.2, 0) is 6.42 Å². The molecule has 2 rings (SSSR count). The van der Waals surface area contributed by atoms with Crippen LogP contribution in [0.2, 0.25) is 0 Å². The maximum atomic E-state index is 3.87. The Hall–Kier alpha value is -1.12. The van der Waals surface area contributed by atoms with E-state index in [1.807, 2.05) is 6.08 Å². The van der Waals surface area contributed by atoms with Gasteiger partial charge in [0.2, 0.25) is 0 Å². The Bertz CT molecular complexity index is 388. The van der Waals surface area contributed by atoms with Gasteiger partial charge in [0.25, 0.3) is 0 Å². The van der Waals surface area contributed by atoms with Gasteiger partial charge in [-0.15, -0.1) is 6.58 Å². The van der Waals surface area contributed by atoms with Gasteiger partial charge in [0.1, 0.15) is 0 Å². The molecule has 0 saturated carbocycles. The molecule has 1 aliphatic heterocycles. The average Bonchev–Trinajstić information content (AvgIpc) is 2.42. The van der Waals surface area contributed by atoms with E-state index in [-0.39, 0.29) is 0 Å². The van der Waals surface area contributed by atoms with Crippen molar-refractivity contribution in [1.29, 1.82) is 0 Å². The molecule has 0 aromatic heterocycles. The van der Waals surface area contributed by atoms with Crippen LogP contribution in [0.15, 0.2) is 43.0 Å². The van der Waals surface area contributed by atoms with Gasteiger partial charge < -0.3 is 5.32 Å². The Morgan fingerprint density at radius 3 is 2.84 bits per heavy atom. The number of hydrogen-bond acceptors (Lipinski definition) is 2. The molecule has 1 fully saturated rings. The van der Waals surface area contributed by atoms with E-state index in [1.165, 1.54) is 5.56 Å². The lowest BCUT2D eigenvalue weighted by atomic mass is 10.00. The van der Waals surface area contributed by atoms with E-state index >= 15 is 0 Å². The summed E-state index contributed by atoms with van der Waals surface area (Å²) in [6, 6.07) is 12.5. The molecule has 1 saturated heterocycles. The SMILES string of the molecule is C=CCC(C)N1CC(Cc2ccccc2)NCC1C. The van der Waals surface area contributed by atoms with E-state index in [4.69, 9.17) is 0 Å². The fourth-order valence-electron chi connectivity index (χ4n) is 2.98. The molecule has 19 heavy (non-hydrogen) atoms. The van der Waals surface area contributed by atoms with Gasteiger partial charge in [-0.3, -0.25) is 4.90 Å². The molecule has 2 heteroatoms. The molecule has 3 atom stereocenters. The second-order valence-corrected chi connectivity index (χ2v) is 5.71. The van der Waals surface area contributed by atoms with E-state index in [0.29, 0.717) is 18.1 Å². The summed E-state index contributed by atoms with van der Waals surface area (Å²) in [4.78, 5) is 2.62. The van der Waals surface area contributed by atoms with Crippen molar-refractivity contribution in [3.63, 3.8) is 0 Å². The van der Waals surface area contributed by atoms with Gasteiger partial charge in [0.15, 0.2) is 0 Å². The van der Waals surface area contributed by atoms with Crippen molar-refractivity contribution in [2.75, 3.05) is 13.1 Å². The van der Waals surface area contributed by atoms with Crippen LogP contribution in [0.5, 0.6) is 0 Å². The van der Waals surface area contributed by atoms with Crippen LogP contribution in [-0.4, -0.2) is 36.1 Å². The standard InChI is InChI=1S/C17H26N2/c1-4-8-14(2)19-13-17(18-12-15(19)3)11-16-9-6-5-7-10-16/h4-7,9-10,14-15,17-18H,1,8,11-13H2,2-3H3. The number of nitrogens with zero attached hydrogens (tertiary/aromatic N) is 1. The van der Waals surface area contributed by atoms with Crippen molar-refractivity contribution in [1.82, 2.24) is 10.2 Å². The van der Waals surface area contributed by atoms with Crippen molar-refractivity contribution in [2.45, 2.75) is 44.8 Å². The van der Waals surface area contributed by atoms with Crippen molar-refractivity contribution < 1.29 is 0 Å². The highest BCUT2D eigenvalue weighted by Gasteiger charge is 2.27. The summed E-state index contributed by atoms with van der Waals surface area (Å²) in [5.74, 6) is 0. The molecule has 1 aliphatic rings. The first-order valence-electron chi connectivity index (χ1n) is 7.34. The molecule has 0 radical (unpaired) electrons. The largest absolute Gasteiger partial charge is 0.311 e. The average molecular weight is 258 g/mol. The van der Waals surface area contributed by atoms with E-state index in [9.17, 15) is 0 Å². The van der Waals surface area contributed by atoms with Gasteiger partial charge in [-0.05, 0) is 32.3 Å². The van der Waals surface area contributed by atoms with Crippen molar-refractivity contribution in [3.8, 4) is 0 Å². The van der Waals surface area contributed by atoms with Crippen LogP contribution in [0.1, 0.15) is 25.8 Å². The highest BCUT2D eigenvalue weighted by atomic mass is 15.2. The molecule has 1 heterocycles. The second kappa shape index (κ2) is 6.88. The maximum absolute atomic E-state index is 3.87. The van der Waals surface area contributed by atoms with Crippen LogP contribution >= 0.6 is 0 Å². The first-order chi connectivity index (χ1) is 9.20. The second-order valence-electron chi connectivity index (χ2n) is 5.71. The molecular formula is C17H26N2. The minimum absolute atomic E-state index is 0.561. The summed E-state index contributed by atoms with van der Waals surface area (Å²) < 4.78 is 0. The number of nitrogens with one attached hydrogen (secondary N) is 1.